The summed E-state index contributed by atoms with van der Waals surface area (Å²) in [5.41, 5.74) is 9.74. The van der Waals surface area contributed by atoms with Gasteiger partial charge in [0.25, 0.3) is 5.89 Å². The van der Waals surface area contributed by atoms with Gasteiger partial charge in [0.05, 0.1) is 11.2 Å². The Labute approximate surface area is 139 Å². The normalized spacial score (nSPS) is 13.2. The highest BCUT2D eigenvalue weighted by Gasteiger charge is 2.14. The van der Waals surface area contributed by atoms with E-state index in [4.69, 9.17) is 10.3 Å². The third-order valence-electron chi connectivity index (χ3n) is 3.62. The molecule has 124 valence electrons. The number of aromatic nitrogens is 5. The molecule has 8 nitrogen and oxygen atoms in total. The summed E-state index contributed by atoms with van der Waals surface area (Å²) in [6.45, 7) is 5.96. The quantitative estimate of drug-likeness (QED) is 0.738. The molecule has 2 aromatic heterocycles. The molecule has 3 aromatic rings. The third kappa shape index (κ3) is 2.78. The lowest BCUT2D eigenvalue weighted by Crippen LogP contribution is -2.03. The molecule has 0 atom stereocenters. The summed E-state index contributed by atoms with van der Waals surface area (Å²) in [4.78, 5) is 8.29. The number of benzene rings is 1. The maximum absolute atomic E-state index is 6.02. The lowest BCUT2D eigenvalue weighted by atomic mass is 10.2. The highest BCUT2D eigenvalue weighted by atomic mass is 16.5. The number of nitrogens with zero attached hydrogens (tertiary/aromatic N) is 6. The fourth-order valence-corrected chi connectivity index (χ4v) is 2.35. The van der Waals surface area contributed by atoms with Crippen molar-refractivity contribution in [3.63, 3.8) is 0 Å². The van der Waals surface area contributed by atoms with E-state index in [1.54, 1.807) is 13.3 Å². The second-order valence-corrected chi connectivity index (χ2v) is 5.74. The van der Waals surface area contributed by atoms with Crippen LogP contribution in [0.1, 0.15) is 32.6 Å². The fourth-order valence-electron chi connectivity index (χ4n) is 2.35. The summed E-state index contributed by atoms with van der Waals surface area (Å²) >= 11 is 0. The molecular formula is C16H19N7O. The van der Waals surface area contributed by atoms with E-state index in [-0.39, 0.29) is 6.04 Å². The van der Waals surface area contributed by atoms with Crippen molar-refractivity contribution in [3.05, 3.63) is 29.6 Å². The van der Waals surface area contributed by atoms with Crippen LogP contribution in [-0.2, 0) is 0 Å². The fraction of sp³-hybridized carbons (Fsp3) is 0.312. The first-order valence-electron chi connectivity index (χ1n) is 7.59. The monoisotopic (exact) mass is 325 g/mol. The van der Waals surface area contributed by atoms with Crippen molar-refractivity contribution in [3.8, 4) is 11.5 Å². The number of rotatable bonds is 4. The van der Waals surface area contributed by atoms with Gasteiger partial charge in [-0.1, -0.05) is 10.4 Å². The van der Waals surface area contributed by atoms with Crippen LogP contribution in [0.4, 0.5) is 0 Å². The Balaban J connectivity index is 1.99. The zero-order valence-corrected chi connectivity index (χ0v) is 14.1. The van der Waals surface area contributed by atoms with Crippen molar-refractivity contribution >= 4 is 22.9 Å². The number of hydrogen-bond acceptors (Lipinski definition) is 7. The average molecular weight is 325 g/mol. The van der Waals surface area contributed by atoms with Gasteiger partial charge in [0.15, 0.2) is 0 Å². The van der Waals surface area contributed by atoms with E-state index in [1.807, 2.05) is 29.8 Å². The van der Waals surface area contributed by atoms with Crippen LogP contribution in [0.15, 0.2) is 33.3 Å². The Hall–Kier alpha value is -3.03. The van der Waals surface area contributed by atoms with E-state index in [2.05, 4.69) is 39.3 Å². The van der Waals surface area contributed by atoms with Crippen LogP contribution < -0.4 is 5.73 Å². The summed E-state index contributed by atoms with van der Waals surface area (Å²) in [5, 5.41) is 12.3. The van der Waals surface area contributed by atoms with E-state index >= 15 is 0 Å². The predicted molar refractivity (Wildman–Crippen MR) is 92.4 cm³/mol. The van der Waals surface area contributed by atoms with Gasteiger partial charge in [0.2, 0.25) is 5.82 Å². The Morgan fingerprint density at radius 2 is 2.17 bits per heavy atom. The van der Waals surface area contributed by atoms with Crippen molar-refractivity contribution in [1.82, 2.24) is 25.1 Å². The van der Waals surface area contributed by atoms with Crippen LogP contribution in [-0.4, -0.2) is 38.4 Å². The molecule has 0 saturated carbocycles. The molecule has 0 aliphatic heterocycles. The topological polar surface area (TPSA) is 108 Å². The molecule has 3 rings (SSSR count). The second kappa shape index (κ2) is 6.23. The standard InChI is InChI=1S/C16H19N7O/c1-9(2)23-13-6-5-11(7-12(13)20-22-23)16-19-15(21-24-16)14(17)10(3)8-18-4/h5-9H,17H2,1-4H3. The number of hydrogen-bond donors (Lipinski definition) is 1. The summed E-state index contributed by atoms with van der Waals surface area (Å²) in [6.07, 6.45) is 1.65. The molecule has 0 aliphatic carbocycles. The van der Waals surface area contributed by atoms with Crippen molar-refractivity contribution in [1.29, 1.82) is 0 Å². The molecule has 0 aliphatic rings. The van der Waals surface area contributed by atoms with E-state index in [0.717, 1.165) is 22.2 Å². The first-order chi connectivity index (χ1) is 11.5. The van der Waals surface area contributed by atoms with Crippen molar-refractivity contribution in [2.45, 2.75) is 26.8 Å². The summed E-state index contributed by atoms with van der Waals surface area (Å²) in [6, 6.07) is 5.97. The maximum atomic E-state index is 6.02. The molecule has 0 saturated heterocycles. The Morgan fingerprint density at radius 3 is 2.88 bits per heavy atom. The highest BCUT2D eigenvalue weighted by Crippen LogP contribution is 2.24. The van der Waals surface area contributed by atoms with E-state index < -0.39 is 0 Å². The van der Waals surface area contributed by atoms with Gasteiger partial charge in [-0.25, -0.2) is 4.68 Å². The minimum Gasteiger partial charge on any atom is -0.395 e. The first-order valence-corrected chi connectivity index (χ1v) is 7.59. The molecular weight excluding hydrogens is 306 g/mol. The Bertz CT molecular complexity index is 933. The average Bonchev–Trinajstić information content (AvgIpc) is 3.20. The highest BCUT2D eigenvalue weighted by molar-refractivity contribution is 5.88. The van der Waals surface area contributed by atoms with Gasteiger partial charge in [-0.3, -0.25) is 4.99 Å². The molecule has 2 heterocycles. The minimum absolute atomic E-state index is 0.240. The zero-order valence-electron chi connectivity index (χ0n) is 14.1. The van der Waals surface area contributed by atoms with Gasteiger partial charge in [0, 0.05) is 24.9 Å². The minimum atomic E-state index is 0.240. The van der Waals surface area contributed by atoms with E-state index in [0.29, 0.717) is 17.4 Å². The largest absolute Gasteiger partial charge is 0.395 e. The molecule has 24 heavy (non-hydrogen) atoms. The lowest BCUT2D eigenvalue weighted by Gasteiger charge is -2.04. The molecule has 1 aromatic carbocycles. The summed E-state index contributed by atoms with van der Waals surface area (Å²) < 4.78 is 7.20. The van der Waals surface area contributed by atoms with Gasteiger partial charge in [0.1, 0.15) is 5.52 Å². The number of fused-ring (bicyclic) bond motifs is 1. The van der Waals surface area contributed by atoms with Crippen LogP contribution in [0.5, 0.6) is 0 Å². The second-order valence-electron chi connectivity index (χ2n) is 5.74. The summed E-state index contributed by atoms with van der Waals surface area (Å²) in [5.74, 6) is 0.725. The van der Waals surface area contributed by atoms with Gasteiger partial charge < -0.3 is 10.3 Å². The van der Waals surface area contributed by atoms with Crippen molar-refractivity contribution < 1.29 is 4.52 Å². The summed E-state index contributed by atoms with van der Waals surface area (Å²) in [7, 11) is 1.68. The Morgan fingerprint density at radius 1 is 1.38 bits per heavy atom. The van der Waals surface area contributed by atoms with Gasteiger partial charge >= 0.3 is 0 Å². The van der Waals surface area contributed by atoms with Crippen LogP contribution in [0.25, 0.3) is 28.2 Å². The number of allylic oxidation sites excluding steroid dienone is 1. The smallest absolute Gasteiger partial charge is 0.258 e. The lowest BCUT2D eigenvalue weighted by molar-refractivity contribution is 0.428. The third-order valence-corrected chi connectivity index (χ3v) is 3.62. The van der Waals surface area contributed by atoms with Crippen LogP contribution in [0, 0.1) is 0 Å². The SMILES string of the molecule is CN=CC(C)=C(N)c1noc(-c2ccc3c(c2)nnn3C(C)C)n1. The number of nitrogens with two attached hydrogens (primary N) is 1. The molecule has 2 N–H and O–H groups in total. The molecule has 0 fully saturated rings. The molecule has 0 bridgehead atoms. The van der Waals surface area contributed by atoms with Gasteiger partial charge in [-0.15, -0.1) is 5.10 Å². The molecule has 0 unspecified atom stereocenters. The van der Waals surface area contributed by atoms with Crippen LogP contribution >= 0.6 is 0 Å². The van der Waals surface area contributed by atoms with Crippen molar-refractivity contribution in [2.24, 2.45) is 10.7 Å². The predicted octanol–water partition coefficient (Wildman–Crippen LogP) is 2.45. The zero-order chi connectivity index (χ0) is 17.3. The maximum Gasteiger partial charge on any atom is 0.258 e. The van der Waals surface area contributed by atoms with Gasteiger partial charge in [-0.2, -0.15) is 4.98 Å². The van der Waals surface area contributed by atoms with E-state index in [9.17, 15) is 0 Å². The molecule has 0 radical (unpaired) electrons. The van der Waals surface area contributed by atoms with Crippen LogP contribution in [0.2, 0.25) is 0 Å². The van der Waals surface area contributed by atoms with Gasteiger partial charge in [-0.05, 0) is 44.5 Å². The molecule has 0 spiro atoms. The van der Waals surface area contributed by atoms with E-state index in [1.165, 1.54) is 0 Å². The van der Waals surface area contributed by atoms with Crippen molar-refractivity contribution in [2.75, 3.05) is 7.05 Å². The van der Waals surface area contributed by atoms with Crippen LogP contribution in [0.3, 0.4) is 0 Å². The Kier molecular flexibility index (Phi) is 4.11. The first kappa shape index (κ1) is 15.9. The molecule has 8 heteroatoms. The number of aliphatic imine (C=N–C) groups is 1. The molecule has 0 amide bonds.